The number of aliphatic hydroxyl groups is 1. The first-order chi connectivity index (χ1) is 24.5. The zero-order chi connectivity index (χ0) is 37.8. The second-order valence-corrected chi connectivity index (χ2v) is 15.2. The number of ether oxygens (including phenoxy) is 2. The van der Waals surface area contributed by atoms with Crippen LogP contribution in [-0.2, 0) is 28.2 Å². The average Bonchev–Trinajstić information content (AvgIpc) is 3.07. The van der Waals surface area contributed by atoms with E-state index >= 15 is 0 Å². The molecular weight excluding hydrogens is 667 g/mol. The molecule has 10 heteroatoms. The smallest absolute Gasteiger partial charge is 0.462 e. The van der Waals surface area contributed by atoms with Crippen LogP contribution in [0.5, 0.6) is 0 Å². The van der Waals surface area contributed by atoms with Gasteiger partial charge >= 0.3 is 19.8 Å². The topological polar surface area (TPSA) is 140 Å². The quantitative estimate of drug-likeness (QED) is 0.0190. The highest BCUT2D eigenvalue weighted by Crippen LogP contribution is 2.36. The highest BCUT2D eigenvalue weighted by Gasteiger charge is 2.22. The van der Waals surface area contributed by atoms with Crippen molar-refractivity contribution in [1.29, 1.82) is 0 Å². The lowest BCUT2D eigenvalue weighted by Crippen LogP contribution is -2.29. The Morgan fingerprint density at radius 3 is 1.88 bits per heavy atom. The highest BCUT2D eigenvalue weighted by molar-refractivity contribution is 7.46. The molecule has 0 aromatic carbocycles. The van der Waals surface area contributed by atoms with E-state index in [1.54, 1.807) is 12.2 Å². The molecule has 0 rings (SSSR count). The van der Waals surface area contributed by atoms with Crippen LogP contribution < -0.4 is 0 Å². The second kappa shape index (κ2) is 35.0. The van der Waals surface area contributed by atoms with Gasteiger partial charge in [-0.25, -0.2) is 4.57 Å². The first-order valence-corrected chi connectivity index (χ1v) is 21.4. The number of hydrogen-bond acceptors (Lipinski definition) is 7. The van der Waals surface area contributed by atoms with E-state index in [0.29, 0.717) is 25.7 Å². The van der Waals surface area contributed by atoms with Gasteiger partial charge in [0.2, 0.25) is 0 Å². The fraction of sp³-hybridized carbons (Fsp3) is 0.756. The number of phosphoric acid groups is 1. The van der Waals surface area contributed by atoms with Gasteiger partial charge in [-0.2, -0.15) is 0 Å². The van der Waals surface area contributed by atoms with Crippen molar-refractivity contribution in [1.82, 2.24) is 0 Å². The van der Waals surface area contributed by atoms with Gasteiger partial charge in [0, 0.05) is 12.8 Å². The van der Waals surface area contributed by atoms with E-state index < -0.39 is 38.6 Å². The molecule has 0 radical (unpaired) electrons. The number of phosphoric ester groups is 1. The summed E-state index contributed by atoms with van der Waals surface area (Å²) in [4.78, 5) is 42.7. The monoisotopic (exact) mass is 740 g/mol. The van der Waals surface area contributed by atoms with Gasteiger partial charge in [0.05, 0.1) is 12.7 Å². The number of allylic oxidation sites excluding steroid dienone is 6. The normalized spacial score (nSPS) is 13.7. The lowest BCUT2D eigenvalue weighted by atomic mass is 10.0. The Balaban J connectivity index is 4.13. The van der Waals surface area contributed by atoms with Crippen LogP contribution in [0.1, 0.15) is 168 Å². The number of hydrogen-bond donors (Lipinski definition) is 3. The zero-order valence-corrected chi connectivity index (χ0v) is 33.2. The third kappa shape index (κ3) is 39.0. The van der Waals surface area contributed by atoms with Crippen molar-refractivity contribution in [2.24, 2.45) is 5.92 Å². The lowest BCUT2D eigenvalue weighted by Gasteiger charge is -2.18. The predicted octanol–water partition coefficient (Wildman–Crippen LogP) is 10.8. The molecule has 0 heterocycles. The van der Waals surface area contributed by atoms with Gasteiger partial charge < -0.3 is 24.4 Å². The fourth-order valence-corrected chi connectivity index (χ4v) is 5.70. The van der Waals surface area contributed by atoms with Crippen molar-refractivity contribution < 1.29 is 43.0 Å². The number of carbonyl (C=O) groups is 2. The molecule has 0 aliphatic carbocycles. The number of carbonyl (C=O) groups excluding carboxylic acids is 2. The molecule has 0 amide bonds. The van der Waals surface area contributed by atoms with Crippen LogP contribution in [0.2, 0.25) is 0 Å². The number of aliphatic hydroxyl groups excluding tert-OH is 1. The Labute approximate surface area is 310 Å². The number of esters is 2. The largest absolute Gasteiger partial charge is 0.469 e. The molecule has 3 N–H and O–H groups in total. The lowest BCUT2D eigenvalue weighted by molar-refractivity contribution is -0.161. The van der Waals surface area contributed by atoms with Gasteiger partial charge in [-0.3, -0.25) is 14.1 Å². The standard InChI is InChI=1S/C41H73O9P/c1-4-5-6-7-8-13-17-21-26-31-38(42)32-27-22-19-24-28-33-40(43)48-35-39(36-49-51(45,46)47)50-41(44)34-29-23-18-15-12-10-9-11-14-16-20-25-30-37(2)3/h8,13,19,21-22,26-27,32,37-39,42H,4-7,9-12,14-18,20,23-25,28-31,33-36H2,1-3H3,(H2,45,46,47)/b13-8-,22-19+,26-21-,32-27-/t38?,39-/m1/s1. The Bertz CT molecular complexity index is 999. The van der Waals surface area contributed by atoms with Gasteiger partial charge in [0.1, 0.15) is 6.61 Å². The first-order valence-electron chi connectivity index (χ1n) is 19.9. The first kappa shape index (κ1) is 49.0. The van der Waals surface area contributed by atoms with Crippen LogP contribution in [0.4, 0.5) is 0 Å². The molecule has 51 heavy (non-hydrogen) atoms. The molecule has 2 atom stereocenters. The Kier molecular flexibility index (Phi) is 33.6. The predicted molar refractivity (Wildman–Crippen MR) is 208 cm³/mol. The van der Waals surface area contributed by atoms with Gasteiger partial charge in [-0.1, -0.05) is 159 Å². The van der Waals surface area contributed by atoms with Gasteiger partial charge in [0.15, 0.2) is 6.10 Å². The molecular formula is C41H73O9P. The molecule has 9 nitrogen and oxygen atoms in total. The molecule has 296 valence electrons. The summed E-state index contributed by atoms with van der Waals surface area (Å²) in [5.74, 6) is -0.207. The van der Waals surface area contributed by atoms with E-state index in [-0.39, 0.29) is 19.4 Å². The molecule has 0 spiro atoms. The van der Waals surface area contributed by atoms with Crippen molar-refractivity contribution >= 4 is 19.8 Å². The molecule has 0 bridgehead atoms. The van der Waals surface area contributed by atoms with Crippen molar-refractivity contribution in [2.45, 2.75) is 181 Å². The Morgan fingerprint density at radius 2 is 1.25 bits per heavy atom. The summed E-state index contributed by atoms with van der Waals surface area (Å²) in [6.07, 6.45) is 37.2. The maximum absolute atomic E-state index is 12.4. The minimum absolute atomic E-state index is 0.132. The van der Waals surface area contributed by atoms with Crippen molar-refractivity contribution in [3.63, 3.8) is 0 Å². The molecule has 0 aliphatic heterocycles. The molecule has 0 fully saturated rings. The Morgan fingerprint density at radius 1 is 0.667 bits per heavy atom. The molecule has 0 aliphatic rings. The van der Waals surface area contributed by atoms with Crippen LogP contribution >= 0.6 is 7.82 Å². The SMILES string of the molecule is CCCCC/C=C\C/C=C\CC(O)/C=C\C=C\CCCC(=O)OC[C@H](COP(=O)(O)O)OC(=O)CCCCCCCCCCCCCCC(C)C. The van der Waals surface area contributed by atoms with E-state index in [4.69, 9.17) is 19.3 Å². The minimum Gasteiger partial charge on any atom is -0.462 e. The van der Waals surface area contributed by atoms with Crippen LogP contribution in [0.25, 0.3) is 0 Å². The molecule has 0 aromatic heterocycles. The maximum atomic E-state index is 12.4. The zero-order valence-electron chi connectivity index (χ0n) is 32.3. The molecule has 1 unspecified atom stereocenters. The minimum atomic E-state index is -4.78. The van der Waals surface area contributed by atoms with Crippen molar-refractivity contribution in [3.8, 4) is 0 Å². The average molecular weight is 741 g/mol. The summed E-state index contributed by atoms with van der Waals surface area (Å²) >= 11 is 0. The van der Waals surface area contributed by atoms with Crippen LogP contribution in [0.3, 0.4) is 0 Å². The third-order valence-electron chi connectivity index (χ3n) is 8.36. The van der Waals surface area contributed by atoms with Crippen LogP contribution in [0.15, 0.2) is 48.6 Å². The van der Waals surface area contributed by atoms with E-state index in [1.165, 1.54) is 77.0 Å². The van der Waals surface area contributed by atoms with E-state index in [2.05, 4.69) is 43.5 Å². The van der Waals surface area contributed by atoms with E-state index in [1.807, 2.05) is 18.2 Å². The van der Waals surface area contributed by atoms with Crippen molar-refractivity contribution in [3.05, 3.63) is 48.6 Å². The maximum Gasteiger partial charge on any atom is 0.469 e. The molecule has 0 aromatic rings. The van der Waals surface area contributed by atoms with Crippen molar-refractivity contribution in [2.75, 3.05) is 13.2 Å². The van der Waals surface area contributed by atoms with E-state index in [9.17, 15) is 19.3 Å². The summed E-state index contributed by atoms with van der Waals surface area (Å²) in [6, 6.07) is 0. The summed E-state index contributed by atoms with van der Waals surface area (Å²) in [7, 11) is -4.78. The second-order valence-electron chi connectivity index (χ2n) is 13.9. The van der Waals surface area contributed by atoms with E-state index in [0.717, 1.165) is 38.0 Å². The number of rotatable bonds is 35. The summed E-state index contributed by atoms with van der Waals surface area (Å²) in [5, 5.41) is 10.1. The highest BCUT2D eigenvalue weighted by atomic mass is 31.2. The molecule has 0 saturated heterocycles. The van der Waals surface area contributed by atoms with Gasteiger partial charge in [0.25, 0.3) is 0 Å². The fourth-order valence-electron chi connectivity index (χ4n) is 5.34. The summed E-state index contributed by atoms with van der Waals surface area (Å²) < 4.78 is 26.2. The van der Waals surface area contributed by atoms with Crippen LogP contribution in [0, 0.1) is 5.92 Å². The van der Waals surface area contributed by atoms with Gasteiger partial charge in [-0.15, -0.1) is 0 Å². The summed E-state index contributed by atoms with van der Waals surface area (Å²) in [6.45, 7) is 5.84. The Hall–Kier alpha value is -2.03. The molecule has 0 saturated carbocycles. The van der Waals surface area contributed by atoms with Crippen LogP contribution in [-0.4, -0.2) is 52.3 Å². The third-order valence-corrected chi connectivity index (χ3v) is 8.84. The van der Waals surface area contributed by atoms with Gasteiger partial charge in [-0.05, 0) is 50.9 Å². The summed E-state index contributed by atoms with van der Waals surface area (Å²) in [5.41, 5.74) is 0. The number of unbranched alkanes of at least 4 members (excludes halogenated alkanes) is 15.